The van der Waals surface area contributed by atoms with Crippen molar-refractivity contribution in [3.05, 3.63) is 69.8 Å². The van der Waals surface area contributed by atoms with Crippen LogP contribution in [0.1, 0.15) is 56.9 Å². The van der Waals surface area contributed by atoms with Crippen LogP contribution in [0.25, 0.3) is 0 Å². The molecule has 0 heterocycles. The van der Waals surface area contributed by atoms with E-state index in [9.17, 15) is 17.6 Å². The zero-order valence-electron chi connectivity index (χ0n) is 15.3. The molecule has 0 aliphatic rings. The molecule has 0 saturated heterocycles. The Bertz CT molecular complexity index is 753. The highest BCUT2D eigenvalue weighted by molar-refractivity contribution is 5.36. The summed E-state index contributed by atoms with van der Waals surface area (Å²) in [6, 6.07) is 7.31. The molecule has 136 valence electrons. The smallest absolute Gasteiger partial charge is 0.195 e. The minimum absolute atomic E-state index is 0.0187. The fraction of sp³-hybridized carbons (Fsp3) is 0.429. The van der Waals surface area contributed by atoms with Crippen LogP contribution in [0.15, 0.2) is 24.3 Å². The molecule has 0 nitrogen and oxygen atoms in total. The van der Waals surface area contributed by atoms with Gasteiger partial charge in [-0.05, 0) is 28.9 Å². The molecule has 0 spiro atoms. The standard InChI is InChI=1S/C21H24F4/c1-12(2)10-15-17(22)16(19(24)20(25)18(15)23)11-13-6-8-14(9-7-13)21(3,4)5/h6-9,12H,10-11H2,1-5H3. The Morgan fingerprint density at radius 1 is 0.760 bits per heavy atom. The van der Waals surface area contributed by atoms with Gasteiger partial charge < -0.3 is 0 Å². The third kappa shape index (κ3) is 4.23. The van der Waals surface area contributed by atoms with Crippen molar-refractivity contribution >= 4 is 0 Å². The van der Waals surface area contributed by atoms with E-state index < -0.39 is 28.8 Å². The first-order chi connectivity index (χ1) is 11.5. The number of benzene rings is 2. The lowest BCUT2D eigenvalue weighted by Crippen LogP contribution is -2.12. The van der Waals surface area contributed by atoms with Crippen molar-refractivity contribution in [2.24, 2.45) is 5.92 Å². The predicted molar refractivity (Wildman–Crippen MR) is 92.8 cm³/mol. The van der Waals surface area contributed by atoms with Crippen molar-refractivity contribution in [3.8, 4) is 0 Å². The molecular formula is C21H24F4. The maximum absolute atomic E-state index is 14.6. The van der Waals surface area contributed by atoms with Gasteiger partial charge in [-0.2, -0.15) is 0 Å². The van der Waals surface area contributed by atoms with Crippen molar-refractivity contribution in [2.75, 3.05) is 0 Å². The lowest BCUT2D eigenvalue weighted by molar-refractivity contribution is 0.411. The summed E-state index contributed by atoms with van der Waals surface area (Å²) in [7, 11) is 0. The SMILES string of the molecule is CC(C)Cc1c(F)c(F)c(F)c(Cc2ccc(C(C)(C)C)cc2)c1F. The Morgan fingerprint density at radius 2 is 1.28 bits per heavy atom. The Balaban J connectivity index is 2.44. The third-order valence-corrected chi connectivity index (χ3v) is 4.26. The van der Waals surface area contributed by atoms with Crippen LogP contribution in [0.4, 0.5) is 17.6 Å². The summed E-state index contributed by atoms with van der Waals surface area (Å²) < 4.78 is 56.6. The van der Waals surface area contributed by atoms with Gasteiger partial charge in [0, 0.05) is 17.5 Å². The number of rotatable bonds is 4. The van der Waals surface area contributed by atoms with E-state index in [1.165, 1.54) is 0 Å². The topological polar surface area (TPSA) is 0 Å². The number of hydrogen-bond acceptors (Lipinski definition) is 0. The van der Waals surface area contributed by atoms with Gasteiger partial charge in [0.25, 0.3) is 0 Å². The minimum atomic E-state index is -1.60. The summed E-state index contributed by atoms with van der Waals surface area (Å²) in [5.41, 5.74) is 0.894. The molecule has 2 rings (SSSR count). The highest BCUT2D eigenvalue weighted by Gasteiger charge is 2.25. The molecule has 0 aliphatic carbocycles. The number of halogens is 4. The summed E-state index contributed by atoms with van der Waals surface area (Å²) in [4.78, 5) is 0. The molecule has 0 saturated carbocycles. The fourth-order valence-electron chi connectivity index (χ4n) is 2.81. The van der Waals surface area contributed by atoms with Gasteiger partial charge in [0.2, 0.25) is 0 Å². The fourth-order valence-corrected chi connectivity index (χ4v) is 2.81. The van der Waals surface area contributed by atoms with Crippen LogP contribution in [0.3, 0.4) is 0 Å². The van der Waals surface area contributed by atoms with Crippen molar-refractivity contribution in [2.45, 2.75) is 52.9 Å². The zero-order chi connectivity index (χ0) is 18.9. The average Bonchev–Trinajstić information content (AvgIpc) is 2.53. The van der Waals surface area contributed by atoms with Crippen LogP contribution in [-0.2, 0) is 18.3 Å². The molecule has 2 aromatic carbocycles. The van der Waals surface area contributed by atoms with E-state index >= 15 is 0 Å². The van der Waals surface area contributed by atoms with Crippen molar-refractivity contribution in [3.63, 3.8) is 0 Å². The molecule has 4 heteroatoms. The van der Waals surface area contributed by atoms with Gasteiger partial charge in [0.1, 0.15) is 5.82 Å². The van der Waals surface area contributed by atoms with E-state index in [1.807, 2.05) is 12.1 Å². The van der Waals surface area contributed by atoms with Gasteiger partial charge >= 0.3 is 0 Å². The van der Waals surface area contributed by atoms with Crippen molar-refractivity contribution in [1.82, 2.24) is 0 Å². The van der Waals surface area contributed by atoms with Crippen LogP contribution >= 0.6 is 0 Å². The van der Waals surface area contributed by atoms with Crippen molar-refractivity contribution < 1.29 is 17.6 Å². The highest BCUT2D eigenvalue weighted by atomic mass is 19.2. The van der Waals surface area contributed by atoms with Gasteiger partial charge in [-0.25, -0.2) is 17.6 Å². The first kappa shape index (κ1) is 19.5. The third-order valence-electron chi connectivity index (χ3n) is 4.26. The molecule has 0 radical (unpaired) electrons. The molecule has 0 fully saturated rings. The van der Waals surface area contributed by atoms with E-state index in [1.54, 1.807) is 26.0 Å². The second kappa shape index (κ2) is 7.19. The molecule has 0 unspecified atom stereocenters. The lowest BCUT2D eigenvalue weighted by atomic mass is 9.86. The van der Waals surface area contributed by atoms with E-state index in [4.69, 9.17) is 0 Å². The Morgan fingerprint density at radius 3 is 1.76 bits per heavy atom. The molecule has 0 aromatic heterocycles. The average molecular weight is 352 g/mol. The molecule has 0 N–H and O–H groups in total. The van der Waals surface area contributed by atoms with Crippen LogP contribution < -0.4 is 0 Å². The Hall–Kier alpha value is -1.84. The first-order valence-electron chi connectivity index (χ1n) is 8.45. The van der Waals surface area contributed by atoms with Crippen LogP contribution in [0.2, 0.25) is 0 Å². The molecule has 0 atom stereocenters. The largest absolute Gasteiger partial charge is 0.206 e. The summed E-state index contributed by atoms with van der Waals surface area (Å²) >= 11 is 0. The zero-order valence-corrected chi connectivity index (χ0v) is 15.3. The van der Waals surface area contributed by atoms with Crippen LogP contribution in [0, 0.1) is 29.2 Å². The highest BCUT2D eigenvalue weighted by Crippen LogP contribution is 2.29. The van der Waals surface area contributed by atoms with Gasteiger partial charge in [-0.3, -0.25) is 0 Å². The normalized spacial score (nSPS) is 12.1. The summed E-state index contributed by atoms with van der Waals surface area (Å²) in [5, 5.41) is 0. The maximum Gasteiger partial charge on any atom is 0.195 e. The Labute approximate surface area is 146 Å². The van der Waals surface area contributed by atoms with E-state index in [0.717, 1.165) is 5.56 Å². The lowest BCUT2D eigenvalue weighted by Gasteiger charge is -2.19. The first-order valence-corrected chi connectivity index (χ1v) is 8.45. The van der Waals surface area contributed by atoms with Crippen LogP contribution in [-0.4, -0.2) is 0 Å². The summed E-state index contributed by atoms with van der Waals surface area (Å²) in [5.74, 6) is -5.52. The van der Waals surface area contributed by atoms with Gasteiger partial charge in [-0.15, -0.1) is 0 Å². The molecule has 25 heavy (non-hydrogen) atoms. The minimum Gasteiger partial charge on any atom is -0.206 e. The van der Waals surface area contributed by atoms with Gasteiger partial charge in [-0.1, -0.05) is 58.9 Å². The maximum atomic E-state index is 14.6. The summed E-state index contributed by atoms with van der Waals surface area (Å²) in [6.07, 6.45) is -0.102. The van der Waals surface area contributed by atoms with E-state index in [0.29, 0.717) is 5.56 Å². The van der Waals surface area contributed by atoms with Crippen LogP contribution in [0.5, 0.6) is 0 Å². The number of hydrogen-bond donors (Lipinski definition) is 0. The predicted octanol–water partition coefficient (Wildman–Crippen LogP) is 6.33. The van der Waals surface area contributed by atoms with Crippen molar-refractivity contribution in [1.29, 1.82) is 0 Å². The Kier molecular flexibility index (Phi) is 5.60. The quantitative estimate of drug-likeness (QED) is 0.343. The molecule has 0 aliphatic heterocycles. The van der Waals surface area contributed by atoms with E-state index in [-0.39, 0.29) is 29.7 Å². The monoisotopic (exact) mass is 352 g/mol. The van der Waals surface area contributed by atoms with E-state index in [2.05, 4.69) is 20.8 Å². The molecule has 2 aromatic rings. The van der Waals surface area contributed by atoms with Gasteiger partial charge in [0.05, 0.1) is 0 Å². The second-order valence-corrected chi connectivity index (χ2v) is 7.93. The molecule has 0 amide bonds. The summed E-state index contributed by atoms with van der Waals surface area (Å²) in [6.45, 7) is 9.73. The van der Waals surface area contributed by atoms with Gasteiger partial charge in [0.15, 0.2) is 17.5 Å². The second-order valence-electron chi connectivity index (χ2n) is 7.93. The molecule has 0 bridgehead atoms. The molecular weight excluding hydrogens is 328 g/mol.